The number of ether oxygens (including phenoxy) is 2. The van der Waals surface area contributed by atoms with Crippen molar-refractivity contribution in [1.29, 1.82) is 0 Å². The first-order valence-electron chi connectivity index (χ1n) is 6.00. The van der Waals surface area contributed by atoms with E-state index in [1.54, 1.807) is 11.0 Å². The molecule has 2 unspecified atom stereocenters. The third kappa shape index (κ3) is 4.05. The molecule has 0 spiro atoms. The molecule has 0 saturated carbocycles. The van der Waals surface area contributed by atoms with E-state index < -0.39 is 5.60 Å². The van der Waals surface area contributed by atoms with Crippen LogP contribution in [0, 0.1) is 5.92 Å². The third-order valence-corrected chi connectivity index (χ3v) is 2.58. The number of amides is 1. The van der Waals surface area contributed by atoms with E-state index in [1.165, 1.54) is 6.92 Å². The Morgan fingerprint density at radius 3 is 2.39 bits per heavy atom. The molecule has 0 aliphatic carbocycles. The molecule has 18 heavy (non-hydrogen) atoms. The summed E-state index contributed by atoms with van der Waals surface area (Å²) in [5.74, 6) is -0.390. The van der Waals surface area contributed by atoms with Crippen molar-refractivity contribution in [3.8, 4) is 0 Å². The maximum absolute atomic E-state index is 11.9. The first-order valence-corrected chi connectivity index (χ1v) is 6.00. The molecule has 5 nitrogen and oxygen atoms in total. The summed E-state index contributed by atoms with van der Waals surface area (Å²) >= 11 is 0. The monoisotopic (exact) mass is 255 g/mol. The molecular weight excluding hydrogens is 234 g/mol. The van der Waals surface area contributed by atoms with Crippen molar-refractivity contribution in [2.24, 2.45) is 5.92 Å². The Morgan fingerprint density at radius 1 is 1.33 bits per heavy atom. The van der Waals surface area contributed by atoms with Crippen molar-refractivity contribution in [1.82, 2.24) is 4.90 Å². The van der Waals surface area contributed by atoms with Crippen LogP contribution in [-0.2, 0) is 14.3 Å². The van der Waals surface area contributed by atoms with E-state index in [2.05, 4.69) is 6.58 Å². The minimum Gasteiger partial charge on any atom is -0.460 e. The van der Waals surface area contributed by atoms with Crippen molar-refractivity contribution in [2.45, 2.75) is 39.4 Å². The Labute approximate surface area is 108 Å². The predicted octanol–water partition coefficient (Wildman–Crippen LogP) is 1.97. The van der Waals surface area contributed by atoms with Crippen LogP contribution < -0.4 is 0 Å². The normalized spacial score (nSPS) is 23.7. The Balaban J connectivity index is 2.63. The Hall–Kier alpha value is -1.52. The molecule has 1 aliphatic heterocycles. The Morgan fingerprint density at radius 2 is 1.94 bits per heavy atom. The lowest BCUT2D eigenvalue weighted by Gasteiger charge is -2.24. The summed E-state index contributed by atoms with van der Waals surface area (Å²) < 4.78 is 10.4. The lowest BCUT2D eigenvalue weighted by atomic mass is 10.1. The van der Waals surface area contributed by atoms with Gasteiger partial charge >= 0.3 is 12.1 Å². The molecule has 2 atom stereocenters. The number of hydrogen-bond donors (Lipinski definition) is 0. The van der Waals surface area contributed by atoms with Crippen molar-refractivity contribution >= 4 is 12.1 Å². The average molecular weight is 255 g/mol. The molecule has 0 bridgehead atoms. The van der Waals surface area contributed by atoms with Gasteiger partial charge in [0, 0.05) is 19.4 Å². The molecule has 5 heteroatoms. The van der Waals surface area contributed by atoms with E-state index in [-0.39, 0.29) is 24.1 Å². The van der Waals surface area contributed by atoms with Gasteiger partial charge in [-0.15, -0.1) is 6.58 Å². The number of rotatable bonds is 2. The summed E-state index contributed by atoms with van der Waals surface area (Å²) in [6.45, 7) is 11.3. The molecule has 1 fully saturated rings. The lowest BCUT2D eigenvalue weighted by molar-refractivity contribution is -0.146. The first-order chi connectivity index (χ1) is 8.23. The maximum Gasteiger partial charge on any atom is 0.410 e. The predicted molar refractivity (Wildman–Crippen MR) is 67.0 cm³/mol. The average Bonchev–Trinajstić information content (AvgIpc) is 2.57. The molecule has 0 radical (unpaired) electrons. The zero-order chi connectivity index (χ0) is 13.9. The van der Waals surface area contributed by atoms with Crippen LogP contribution >= 0.6 is 0 Å². The van der Waals surface area contributed by atoms with Gasteiger partial charge in [0.05, 0.1) is 6.54 Å². The highest BCUT2D eigenvalue weighted by Gasteiger charge is 2.37. The minimum absolute atomic E-state index is 0.0404. The summed E-state index contributed by atoms with van der Waals surface area (Å²) in [7, 11) is 0. The number of nitrogens with zero attached hydrogens (tertiary/aromatic N) is 1. The second-order valence-corrected chi connectivity index (χ2v) is 5.43. The van der Waals surface area contributed by atoms with Crippen molar-refractivity contribution in [3.63, 3.8) is 0 Å². The molecule has 1 amide bonds. The standard InChI is InChI=1S/C13H21NO4/c1-6-10-7-14(8-11(10)17-9(2)15)12(16)18-13(3,4)5/h6,10-11H,1,7-8H2,2-5H3. The van der Waals surface area contributed by atoms with Crippen LogP contribution in [0.1, 0.15) is 27.7 Å². The van der Waals surface area contributed by atoms with Gasteiger partial charge in [0.1, 0.15) is 11.7 Å². The topological polar surface area (TPSA) is 55.8 Å². The zero-order valence-electron chi connectivity index (χ0n) is 11.4. The van der Waals surface area contributed by atoms with E-state index in [4.69, 9.17) is 9.47 Å². The highest BCUT2D eigenvalue weighted by molar-refractivity contribution is 5.69. The summed E-state index contributed by atoms with van der Waals surface area (Å²) in [6, 6.07) is 0. The summed E-state index contributed by atoms with van der Waals surface area (Å²) in [4.78, 5) is 24.4. The van der Waals surface area contributed by atoms with Gasteiger partial charge in [-0.05, 0) is 20.8 Å². The Bertz CT molecular complexity index is 345. The van der Waals surface area contributed by atoms with Crippen LogP contribution in [0.5, 0.6) is 0 Å². The molecule has 1 rings (SSSR count). The second kappa shape index (κ2) is 5.42. The molecule has 0 N–H and O–H groups in total. The van der Waals surface area contributed by atoms with Crippen LogP contribution in [0.2, 0.25) is 0 Å². The van der Waals surface area contributed by atoms with Gasteiger partial charge < -0.3 is 14.4 Å². The van der Waals surface area contributed by atoms with Crippen LogP contribution in [-0.4, -0.2) is 41.8 Å². The molecule has 0 aromatic carbocycles. The van der Waals surface area contributed by atoms with Gasteiger partial charge in [0.25, 0.3) is 0 Å². The van der Waals surface area contributed by atoms with E-state index in [1.807, 2.05) is 20.8 Å². The van der Waals surface area contributed by atoms with Crippen LogP contribution in [0.25, 0.3) is 0 Å². The third-order valence-electron chi connectivity index (χ3n) is 2.58. The zero-order valence-corrected chi connectivity index (χ0v) is 11.4. The van der Waals surface area contributed by atoms with Crippen LogP contribution in [0.15, 0.2) is 12.7 Å². The molecule has 0 aromatic rings. The smallest absolute Gasteiger partial charge is 0.410 e. The van der Waals surface area contributed by atoms with Gasteiger partial charge in [-0.25, -0.2) is 4.79 Å². The fraction of sp³-hybridized carbons (Fsp3) is 0.692. The maximum atomic E-state index is 11.9. The highest BCUT2D eigenvalue weighted by atomic mass is 16.6. The van der Waals surface area contributed by atoms with Gasteiger partial charge in [0.2, 0.25) is 0 Å². The van der Waals surface area contributed by atoms with Gasteiger partial charge in [-0.2, -0.15) is 0 Å². The largest absolute Gasteiger partial charge is 0.460 e. The summed E-state index contributed by atoms with van der Waals surface area (Å²) in [5, 5.41) is 0. The number of hydrogen-bond acceptors (Lipinski definition) is 4. The van der Waals surface area contributed by atoms with Crippen molar-refractivity contribution in [2.75, 3.05) is 13.1 Å². The fourth-order valence-electron chi connectivity index (χ4n) is 1.84. The molecule has 1 heterocycles. The summed E-state index contributed by atoms with van der Waals surface area (Å²) in [6.07, 6.45) is 0.995. The van der Waals surface area contributed by atoms with E-state index >= 15 is 0 Å². The molecule has 0 aromatic heterocycles. The van der Waals surface area contributed by atoms with E-state index in [0.29, 0.717) is 13.1 Å². The number of likely N-dealkylation sites (tertiary alicyclic amines) is 1. The van der Waals surface area contributed by atoms with Crippen LogP contribution in [0.3, 0.4) is 0 Å². The van der Waals surface area contributed by atoms with Gasteiger partial charge in [0.15, 0.2) is 0 Å². The van der Waals surface area contributed by atoms with E-state index in [9.17, 15) is 9.59 Å². The van der Waals surface area contributed by atoms with Gasteiger partial charge in [-0.1, -0.05) is 6.08 Å². The van der Waals surface area contributed by atoms with Crippen molar-refractivity contribution in [3.05, 3.63) is 12.7 Å². The molecule has 102 valence electrons. The first kappa shape index (κ1) is 14.5. The fourth-order valence-corrected chi connectivity index (χ4v) is 1.84. The summed E-state index contributed by atoms with van der Waals surface area (Å²) in [5.41, 5.74) is -0.528. The Kier molecular flexibility index (Phi) is 4.38. The molecule has 1 aliphatic rings. The quantitative estimate of drug-likeness (QED) is 0.559. The van der Waals surface area contributed by atoms with Crippen molar-refractivity contribution < 1.29 is 19.1 Å². The number of carbonyl (C=O) groups is 2. The molecular formula is C13H21NO4. The second-order valence-electron chi connectivity index (χ2n) is 5.43. The highest BCUT2D eigenvalue weighted by Crippen LogP contribution is 2.23. The van der Waals surface area contributed by atoms with E-state index in [0.717, 1.165) is 0 Å². The number of esters is 1. The van der Waals surface area contributed by atoms with Gasteiger partial charge in [-0.3, -0.25) is 4.79 Å². The lowest BCUT2D eigenvalue weighted by Crippen LogP contribution is -2.36. The number of carbonyl (C=O) groups excluding carboxylic acids is 2. The minimum atomic E-state index is -0.528. The van der Waals surface area contributed by atoms with Crippen LogP contribution in [0.4, 0.5) is 4.79 Å². The molecule has 1 saturated heterocycles. The SMILES string of the molecule is C=CC1CN(C(=O)OC(C)(C)C)CC1OC(C)=O.